The summed E-state index contributed by atoms with van der Waals surface area (Å²) in [6, 6.07) is 21.6. The Hall–Kier alpha value is -2.88. The van der Waals surface area contributed by atoms with Gasteiger partial charge in [0.1, 0.15) is 5.82 Å². The molecule has 2 nitrogen and oxygen atoms in total. The van der Waals surface area contributed by atoms with Crippen molar-refractivity contribution in [3.05, 3.63) is 95.6 Å². The van der Waals surface area contributed by atoms with Crippen LogP contribution in [0.25, 0.3) is 0 Å². The average molecular weight is 324 g/mol. The molecule has 0 aromatic heterocycles. The zero-order valence-corrected chi connectivity index (χ0v) is 13.1. The van der Waals surface area contributed by atoms with Crippen LogP contribution in [0.1, 0.15) is 11.1 Å². The first-order valence-electron chi connectivity index (χ1n) is 7.71. The summed E-state index contributed by atoms with van der Waals surface area (Å²) in [7, 11) is 0. The zero-order valence-electron chi connectivity index (χ0n) is 13.1. The van der Waals surface area contributed by atoms with E-state index in [1.807, 2.05) is 65.6 Å². The molecular formula is C20H18F2N2. The van der Waals surface area contributed by atoms with Crippen LogP contribution >= 0.6 is 0 Å². The molecule has 3 aromatic carbocycles. The van der Waals surface area contributed by atoms with Crippen molar-refractivity contribution in [1.82, 2.24) is 0 Å². The lowest BCUT2D eigenvalue weighted by atomic mass is 10.1. The van der Waals surface area contributed by atoms with Crippen molar-refractivity contribution in [3.8, 4) is 0 Å². The molecule has 4 heteroatoms. The number of halogens is 2. The molecule has 122 valence electrons. The van der Waals surface area contributed by atoms with E-state index in [0.29, 0.717) is 18.8 Å². The summed E-state index contributed by atoms with van der Waals surface area (Å²) < 4.78 is 27.6. The maximum atomic E-state index is 13.9. The molecule has 0 spiro atoms. The Morgan fingerprint density at radius 3 is 1.75 bits per heavy atom. The molecule has 3 aromatic rings. The molecule has 0 amide bonds. The number of nitrogens with zero attached hydrogens (tertiary/aromatic N) is 1. The Morgan fingerprint density at radius 2 is 1.25 bits per heavy atom. The monoisotopic (exact) mass is 324 g/mol. The fraction of sp³-hybridized carbons (Fsp3) is 0.100. The second-order valence-corrected chi connectivity index (χ2v) is 5.65. The average Bonchev–Trinajstić information content (AvgIpc) is 2.59. The Kier molecular flexibility index (Phi) is 4.75. The van der Waals surface area contributed by atoms with Crippen LogP contribution in [0.5, 0.6) is 0 Å². The SMILES string of the molecule is Nc1c(F)cc(F)cc1N(Cc1ccccc1)Cc1ccccc1. The minimum absolute atomic E-state index is 0.0386. The standard InChI is InChI=1S/C20H18F2N2/c21-17-11-18(22)20(23)19(12-17)24(13-15-7-3-1-4-8-15)14-16-9-5-2-6-10-16/h1-12H,13-14,23H2. The summed E-state index contributed by atoms with van der Waals surface area (Å²) in [5, 5.41) is 0. The lowest BCUT2D eigenvalue weighted by Crippen LogP contribution is -2.23. The van der Waals surface area contributed by atoms with Crippen molar-refractivity contribution in [2.45, 2.75) is 13.1 Å². The fourth-order valence-electron chi connectivity index (χ4n) is 2.67. The van der Waals surface area contributed by atoms with E-state index in [0.717, 1.165) is 17.2 Å². The second kappa shape index (κ2) is 7.13. The molecule has 0 unspecified atom stereocenters. The first-order chi connectivity index (χ1) is 11.6. The summed E-state index contributed by atoms with van der Waals surface area (Å²) in [4.78, 5) is 1.88. The largest absolute Gasteiger partial charge is 0.395 e. The minimum atomic E-state index is -0.740. The lowest BCUT2D eigenvalue weighted by Gasteiger charge is -2.27. The molecule has 0 aliphatic heterocycles. The molecule has 0 saturated heterocycles. The second-order valence-electron chi connectivity index (χ2n) is 5.65. The highest BCUT2D eigenvalue weighted by Gasteiger charge is 2.16. The predicted molar refractivity (Wildman–Crippen MR) is 93.5 cm³/mol. The normalized spacial score (nSPS) is 10.6. The first kappa shape index (κ1) is 16.0. The van der Waals surface area contributed by atoms with E-state index in [9.17, 15) is 8.78 Å². The number of benzene rings is 3. The molecule has 0 radical (unpaired) electrons. The van der Waals surface area contributed by atoms with Gasteiger partial charge < -0.3 is 10.6 Å². The molecule has 0 heterocycles. The van der Waals surface area contributed by atoms with Gasteiger partial charge in [0.25, 0.3) is 0 Å². The van der Waals surface area contributed by atoms with Crippen LogP contribution in [0.15, 0.2) is 72.8 Å². The maximum Gasteiger partial charge on any atom is 0.151 e. The van der Waals surface area contributed by atoms with Gasteiger partial charge in [0, 0.05) is 19.2 Å². The van der Waals surface area contributed by atoms with Gasteiger partial charge in [0.05, 0.1) is 11.4 Å². The maximum absolute atomic E-state index is 13.9. The van der Waals surface area contributed by atoms with Gasteiger partial charge in [-0.2, -0.15) is 0 Å². The molecule has 0 atom stereocenters. The Labute approximate surface area is 140 Å². The van der Waals surface area contributed by atoms with E-state index in [1.165, 1.54) is 6.07 Å². The molecule has 24 heavy (non-hydrogen) atoms. The van der Waals surface area contributed by atoms with Crippen molar-refractivity contribution in [2.24, 2.45) is 0 Å². The highest BCUT2D eigenvalue weighted by atomic mass is 19.1. The topological polar surface area (TPSA) is 29.3 Å². The van der Waals surface area contributed by atoms with Crippen LogP contribution in [-0.4, -0.2) is 0 Å². The Balaban J connectivity index is 1.98. The van der Waals surface area contributed by atoms with Gasteiger partial charge in [-0.25, -0.2) is 8.78 Å². The number of rotatable bonds is 5. The molecule has 3 rings (SSSR count). The van der Waals surface area contributed by atoms with Gasteiger partial charge in [0.15, 0.2) is 5.82 Å². The fourth-order valence-corrected chi connectivity index (χ4v) is 2.67. The van der Waals surface area contributed by atoms with Crippen molar-refractivity contribution >= 4 is 11.4 Å². The van der Waals surface area contributed by atoms with Gasteiger partial charge >= 0.3 is 0 Å². The zero-order chi connectivity index (χ0) is 16.9. The number of anilines is 2. The minimum Gasteiger partial charge on any atom is -0.395 e. The Morgan fingerprint density at radius 1 is 0.750 bits per heavy atom. The van der Waals surface area contributed by atoms with E-state index in [-0.39, 0.29) is 5.69 Å². The molecule has 0 bridgehead atoms. The van der Waals surface area contributed by atoms with E-state index in [2.05, 4.69) is 0 Å². The first-order valence-corrected chi connectivity index (χ1v) is 7.71. The van der Waals surface area contributed by atoms with Crippen LogP contribution in [0.3, 0.4) is 0 Å². The van der Waals surface area contributed by atoms with Gasteiger partial charge in [-0.1, -0.05) is 60.7 Å². The number of nitrogen functional groups attached to an aromatic ring is 1. The summed E-state index contributed by atoms with van der Waals surface area (Å²) in [6.07, 6.45) is 0. The Bertz CT molecular complexity index is 763. The third-order valence-corrected chi connectivity index (χ3v) is 3.85. The molecule has 2 N–H and O–H groups in total. The van der Waals surface area contributed by atoms with Gasteiger partial charge in [0.2, 0.25) is 0 Å². The number of hydrogen-bond donors (Lipinski definition) is 1. The van der Waals surface area contributed by atoms with Crippen LogP contribution in [0, 0.1) is 11.6 Å². The number of nitrogens with two attached hydrogens (primary N) is 1. The van der Waals surface area contributed by atoms with Gasteiger partial charge in [-0.3, -0.25) is 0 Å². The van der Waals surface area contributed by atoms with Crippen molar-refractivity contribution in [2.75, 3.05) is 10.6 Å². The quantitative estimate of drug-likeness (QED) is 0.686. The summed E-state index contributed by atoms with van der Waals surface area (Å²) >= 11 is 0. The highest BCUT2D eigenvalue weighted by molar-refractivity contribution is 5.68. The molecule has 0 aliphatic rings. The third kappa shape index (κ3) is 3.71. The van der Waals surface area contributed by atoms with Gasteiger partial charge in [-0.15, -0.1) is 0 Å². The van der Waals surface area contributed by atoms with Crippen LogP contribution < -0.4 is 10.6 Å². The van der Waals surface area contributed by atoms with Gasteiger partial charge in [-0.05, 0) is 17.2 Å². The van der Waals surface area contributed by atoms with Crippen LogP contribution in [0.4, 0.5) is 20.2 Å². The third-order valence-electron chi connectivity index (χ3n) is 3.85. The van der Waals surface area contributed by atoms with Crippen LogP contribution in [-0.2, 0) is 13.1 Å². The van der Waals surface area contributed by atoms with Crippen molar-refractivity contribution in [1.29, 1.82) is 0 Å². The summed E-state index contributed by atoms with van der Waals surface area (Å²) in [6.45, 7) is 1.01. The van der Waals surface area contributed by atoms with E-state index < -0.39 is 11.6 Å². The predicted octanol–water partition coefficient (Wildman–Crippen LogP) is 4.75. The van der Waals surface area contributed by atoms with Crippen molar-refractivity contribution < 1.29 is 8.78 Å². The lowest BCUT2D eigenvalue weighted by molar-refractivity contribution is 0.584. The van der Waals surface area contributed by atoms with E-state index >= 15 is 0 Å². The summed E-state index contributed by atoms with van der Waals surface area (Å²) in [5.74, 6) is -1.38. The number of hydrogen-bond acceptors (Lipinski definition) is 2. The van der Waals surface area contributed by atoms with E-state index in [1.54, 1.807) is 0 Å². The summed E-state index contributed by atoms with van der Waals surface area (Å²) in [5.41, 5.74) is 8.28. The molecule has 0 aliphatic carbocycles. The smallest absolute Gasteiger partial charge is 0.151 e. The van der Waals surface area contributed by atoms with Crippen LogP contribution in [0.2, 0.25) is 0 Å². The van der Waals surface area contributed by atoms with Crippen molar-refractivity contribution in [3.63, 3.8) is 0 Å². The van der Waals surface area contributed by atoms with E-state index in [4.69, 9.17) is 5.73 Å². The molecule has 0 saturated carbocycles. The highest BCUT2D eigenvalue weighted by Crippen LogP contribution is 2.30. The molecule has 0 fully saturated rings. The molecular weight excluding hydrogens is 306 g/mol.